The highest BCUT2D eigenvalue weighted by molar-refractivity contribution is 5.98. The van der Waals surface area contributed by atoms with Crippen molar-refractivity contribution in [1.29, 1.82) is 10.5 Å². The smallest absolute Gasteiger partial charge is 0.311 e. The van der Waals surface area contributed by atoms with E-state index in [4.69, 9.17) is 26.2 Å². The number of pyridine rings is 1. The molecule has 11 nitrogen and oxygen atoms in total. The van der Waals surface area contributed by atoms with Crippen LogP contribution in [-0.2, 0) is 4.79 Å². The predicted molar refractivity (Wildman–Crippen MR) is 113 cm³/mol. The van der Waals surface area contributed by atoms with E-state index in [-0.39, 0.29) is 41.0 Å². The van der Waals surface area contributed by atoms with Gasteiger partial charge in [-0.1, -0.05) is 13.0 Å². The van der Waals surface area contributed by atoms with Gasteiger partial charge >= 0.3 is 5.97 Å². The minimum Gasteiger partial charge on any atom is -0.490 e. The van der Waals surface area contributed by atoms with Crippen molar-refractivity contribution in [3.05, 3.63) is 34.9 Å². The highest BCUT2D eigenvalue weighted by atomic mass is 16.6. The van der Waals surface area contributed by atoms with E-state index in [9.17, 15) is 10.1 Å². The summed E-state index contributed by atoms with van der Waals surface area (Å²) in [6, 6.07) is 6.16. The Balaban J connectivity index is 2.17. The van der Waals surface area contributed by atoms with Crippen LogP contribution >= 0.6 is 0 Å². The number of hydrogen-bond donors (Lipinski definition) is 4. The zero-order valence-corrected chi connectivity index (χ0v) is 16.9. The monoisotopic (exact) mass is 420 g/mol. The summed E-state index contributed by atoms with van der Waals surface area (Å²) >= 11 is 0. The molecular weight excluding hydrogens is 400 g/mol. The van der Waals surface area contributed by atoms with Gasteiger partial charge in [0.2, 0.25) is 5.96 Å². The number of esters is 1. The van der Waals surface area contributed by atoms with Crippen molar-refractivity contribution in [3.63, 3.8) is 0 Å². The molecule has 11 heteroatoms. The van der Waals surface area contributed by atoms with E-state index in [0.717, 1.165) is 0 Å². The van der Waals surface area contributed by atoms with Gasteiger partial charge in [-0.15, -0.1) is 0 Å². The van der Waals surface area contributed by atoms with E-state index in [1.807, 2.05) is 6.07 Å². The topological polar surface area (TPSA) is 184 Å². The first-order valence-corrected chi connectivity index (χ1v) is 9.39. The molecule has 1 aliphatic heterocycles. The lowest BCUT2D eigenvalue weighted by atomic mass is 9.95. The molecule has 158 valence electrons. The Morgan fingerprint density at radius 3 is 2.71 bits per heavy atom. The molecule has 0 spiro atoms. The first-order chi connectivity index (χ1) is 14.9. The largest absolute Gasteiger partial charge is 0.490 e. The van der Waals surface area contributed by atoms with Crippen LogP contribution in [0.5, 0.6) is 11.5 Å². The van der Waals surface area contributed by atoms with Gasteiger partial charge in [0.25, 0.3) is 0 Å². The number of ether oxygens (including phenoxy) is 2. The quantitative estimate of drug-likeness (QED) is 0.240. The Hall–Kier alpha value is -4.51. The third-order valence-electron chi connectivity index (χ3n) is 4.45. The van der Waals surface area contributed by atoms with Crippen LogP contribution in [-0.4, -0.2) is 23.5 Å². The minimum absolute atomic E-state index is 0.0379. The predicted octanol–water partition coefficient (Wildman–Crippen LogP) is 1.77. The average Bonchev–Trinajstić information content (AvgIpc) is 2.74. The van der Waals surface area contributed by atoms with E-state index < -0.39 is 12.0 Å². The maximum Gasteiger partial charge on any atom is 0.311 e. The molecule has 3 rings (SSSR count). The summed E-state index contributed by atoms with van der Waals surface area (Å²) in [5, 5.41) is 23.7. The first kappa shape index (κ1) is 21.2. The number of hydrogen-bond acceptors (Lipinski definition) is 11. The summed E-state index contributed by atoms with van der Waals surface area (Å²) in [6.45, 7) is 3.83. The van der Waals surface area contributed by atoms with Crippen molar-refractivity contribution in [2.45, 2.75) is 26.3 Å². The van der Waals surface area contributed by atoms with Gasteiger partial charge in [-0.2, -0.15) is 10.5 Å². The summed E-state index contributed by atoms with van der Waals surface area (Å²) in [5.41, 5.74) is 13.3. The van der Waals surface area contributed by atoms with Crippen LogP contribution in [0, 0.1) is 22.8 Å². The number of nitrogens with zero attached hydrogens (tertiary/aromatic N) is 4. The lowest BCUT2D eigenvalue weighted by molar-refractivity contribution is -0.134. The van der Waals surface area contributed by atoms with Gasteiger partial charge in [0.1, 0.15) is 29.3 Å². The zero-order valence-electron chi connectivity index (χ0n) is 16.9. The van der Waals surface area contributed by atoms with Gasteiger partial charge in [-0.25, -0.2) is 9.98 Å². The van der Waals surface area contributed by atoms with Gasteiger partial charge in [0.05, 0.1) is 12.3 Å². The molecule has 0 radical (unpaired) electrons. The number of nitrogens with two attached hydrogens (primary N) is 2. The molecule has 0 saturated heterocycles. The molecule has 2 aromatic rings. The molecule has 1 aromatic heterocycles. The number of aliphatic imine (C=N–C) groups is 1. The van der Waals surface area contributed by atoms with Gasteiger partial charge in [-0.3, -0.25) is 10.1 Å². The molecule has 0 saturated carbocycles. The molecule has 2 heterocycles. The number of fused-ring (bicyclic) bond motifs is 1. The molecule has 0 aliphatic carbocycles. The van der Waals surface area contributed by atoms with Crippen LogP contribution in [0.1, 0.15) is 43.0 Å². The minimum atomic E-state index is -0.734. The highest BCUT2D eigenvalue weighted by Crippen LogP contribution is 2.42. The maximum absolute atomic E-state index is 11.7. The molecule has 0 amide bonds. The van der Waals surface area contributed by atoms with Gasteiger partial charge in [0, 0.05) is 12.0 Å². The second-order valence-electron chi connectivity index (χ2n) is 6.37. The number of aromatic nitrogens is 1. The van der Waals surface area contributed by atoms with Crippen LogP contribution in [0.3, 0.4) is 0 Å². The summed E-state index contributed by atoms with van der Waals surface area (Å²) in [4.78, 5) is 20.4. The molecule has 0 fully saturated rings. The molecular formula is C20H20N8O3. The van der Waals surface area contributed by atoms with Crippen molar-refractivity contribution < 1.29 is 14.3 Å². The van der Waals surface area contributed by atoms with E-state index in [2.05, 4.69) is 20.6 Å². The van der Waals surface area contributed by atoms with Gasteiger partial charge < -0.3 is 26.3 Å². The second-order valence-corrected chi connectivity index (χ2v) is 6.37. The number of rotatable bonds is 5. The van der Waals surface area contributed by atoms with Crippen molar-refractivity contribution in [2.24, 2.45) is 4.99 Å². The standard InChI is InChI=1S/C20H20N8O3/c1-3-14(29)31-12-6-5-10(7-13(12)30-4-2)17-15-16(23)11(8-21)18(24)27-19(15)28-20(26-17)25-9-22/h5-7,17H,3-4H2,1-2H3,(H6,23,24,25,26,27,28). The summed E-state index contributed by atoms with van der Waals surface area (Å²) in [6.07, 6.45) is 2.00. The van der Waals surface area contributed by atoms with Crippen LogP contribution in [0.25, 0.3) is 0 Å². The van der Waals surface area contributed by atoms with Crippen LogP contribution in [0.2, 0.25) is 0 Å². The number of benzene rings is 1. The molecule has 1 atom stereocenters. The first-order valence-electron chi connectivity index (χ1n) is 9.39. The fourth-order valence-electron chi connectivity index (χ4n) is 3.06. The highest BCUT2D eigenvalue weighted by Gasteiger charge is 2.30. The second kappa shape index (κ2) is 8.88. The molecule has 6 N–H and O–H groups in total. The van der Waals surface area contributed by atoms with Gasteiger partial charge in [0.15, 0.2) is 17.7 Å². The Bertz CT molecular complexity index is 1150. The lowest BCUT2D eigenvalue weighted by Crippen LogP contribution is -2.32. The summed E-state index contributed by atoms with van der Waals surface area (Å²) < 4.78 is 11.0. The number of carbonyl (C=O) groups is 1. The fourth-order valence-corrected chi connectivity index (χ4v) is 3.06. The Labute approximate surface area is 178 Å². The van der Waals surface area contributed by atoms with Crippen LogP contribution in [0.4, 0.5) is 17.3 Å². The van der Waals surface area contributed by atoms with E-state index in [1.54, 1.807) is 38.2 Å². The maximum atomic E-state index is 11.7. The third kappa shape index (κ3) is 4.11. The molecule has 1 unspecified atom stereocenters. The summed E-state index contributed by atoms with van der Waals surface area (Å²) in [5.74, 6) is 0.574. The molecule has 1 aromatic carbocycles. The number of nitrogens with one attached hydrogen (secondary N) is 2. The van der Waals surface area contributed by atoms with Crippen molar-refractivity contribution >= 4 is 29.3 Å². The SMILES string of the molecule is CCOc1cc(C2N=C(NC#N)Nc3nc(N)c(C#N)c(N)c32)ccc1OC(=O)CC. The van der Waals surface area contributed by atoms with E-state index in [1.165, 1.54) is 0 Å². The van der Waals surface area contributed by atoms with Crippen LogP contribution < -0.4 is 31.6 Å². The lowest BCUT2D eigenvalue weighted by Gasteiger charge is -2.26. The molecule has 1 aliphatic rings. The normalized spacial score (nSPS) is 14.2. The summed E-state index contributed by atoms with van der Waals surface area (Å²) in [7, 11) is 0. The fraction of sp³-hybridized carbons (Fsp3) is 0.250. The van der Waals surface area contributed by atoms with E-state index >= 15 is 0 Å². The number of nitrogen functional groups attached to an aromatic ring is 2. The number of carbonyl (C=O) groups excluding carboxylic acids is 1. The third-order valence-corrected chi connectivity index (χ3v) is 4.45. The molecule has 0 bridgehead atoms. The average molecular weight is 420 g/mol. The Morgan fingerprint density at radius 1 is 1.29 bits per heavy atom. The van der Waals surface area contributed by atoms with Crippen molar-refractivity contribution in [1.82, 2.24) is 10.3 Å². The van der Waals surface area contributed by atoms with Crippen molar-refractivity contribution in [3.8, 4) is 23.8 Å². The zero-order chi connectivity index (χ0) is 22.5. The van der Waals surface area contributed by atoms with Gasteiger partial charge in [-0.05, 0) is 24.6 Å². The molecule has 31 heavy (non-hydrogen) atoms. The van der Waals surface area contributed by atoms with E-state index in [0.29, 0.717) is 23.5 Å². The number of guanidine groups is 1. The number of nitriles is 2. The van der Waals surface area contributed by atoms with Crippen molar-refractivity contribution in [2.75, 3.05) is 23.4 Å². The number of anilines is 3. The Morgan fingerprint density at radius 2 is 2.06 bits per heavy atom. The Kier molecular flexibility index (Phi) is 6.07. The van der Waals surface area contributed by atoms with Crippen LogP contribution in [0.15, 0.2) is 23.2 Å².